The molecule has 1 N–H and O–H groups in total. The molecule has 0 amide bonds. The van der Waals surface area contributed by atoms with E-state index in [0.29, 0.717) is 19.0 Å². The van der Waals surface area contributed by atoms with Crippen molar-refractivity contribution in [3.8, 4) is 0 Å². The Balaban J connectivity index is 2.12. The lowest BCUT2D eigenvalue weighted by atomic mass is 10.0. The molecule has 0 spiro atoms. The highest BCUT2D eigenvalue weighted by Crippen LogP contribution is 2.14. The zero-order chi connectivity index (χ0) is 7.56. The molecule has 1 saturated heterocycles. The minimum Gasteiger partial charge on any atom is -0.760 e. The van der Waals surface area contributed by atoms with Gasteiger partial charge in [-0.05, 0) is 13.0 Å². The fourth-order valence-corrected chi connectivity index (χ4v) is 1.73. The van der Waals surface area contributed by atoms with Crippen LogP contribution in [0.15, 0.2) is 0 Å². The monoisotopic (exact) mass is 163 g/mol. The highest BCUT2D eigenvalue weighted by Gasteiger charge is 2.26. The summed E-state index contributed by atoms with van der Waals surface area (Å²) in [5.41, 5.74) is 0. The van der Waals surface area contributed by atoms with Crippen molar-refractivity contribution in [1.82, 2.24) is 9.62 Å². The van der Waals surface area contributed by atoms with E-state index in [-0.39, 0.29) is 0 Å². The second-order valence-electron chi connectivity index (χ2n) is 2.49. The number of nitrogens with one attached hydrogen (secondary N) is 1. The summed E-state index contributed by atoms with van der Waals surface area (Å²) >= 11 is -1.99. The van der Waals surface area contributed by atoms with E-state index in [1.165, 1.54) is 4.31 Å². The Morgan fingerprint density at radius 3 is 2.80 bits per heavy atom. The van der Waals surface area contributed by atoms with E-state index in [1.807, 2.05) is 7.05 Å². The first-order chi connectivity index (χ1) is 4.74. The van der Waals surface area contributed by atoms with Crippen molar-refractivity contribution in [3.05, 3.63) is 0 Å². The molecule has 0 saturated carbocycles. The van der Waals surface area contributed by atoms with E-state index in [4.69, 9.17) is 0 Å². The van der Waals surface area contributed by atoms with Crippen molar-refractivity contribution in [3.63, 3.8) is 0 Å². The Bertz CT molecular complexity index is 136. The number of rotatable bonds is 3. The molecule has 0 aromatic heterocycles. The van der Waals surface area contributed by atoms with Crippen molar-refractivity contribution in [1.29, 1.82) is 0 Å². The first kappa shape index (κ1) is 8.13. The second kappa shape index (κ2) is 3.43. The molecule has 5 heteroatoms. The molecule has 0 aromatic carbocycles. The summed E-state index contributed by atoms with van der Waals surface area (Å²) in [5.74, 6) is 0.517. The second-order valence-corrected chi connectivity index (χ2v) is 3.44. The van der Waals surface area contributed by atoms with Gasteiger partial charge in [-0.2, -0.15) is 0 Å². The molecular formula is C5H11N2O2S-. The van der Waals surface area contributed by atoms with Gasteiger partial charge in [0.1, 0.15) is 0 Å². The normalized spacial score (nSPS) is 24.2. The van der Waals surface area contributed by atoms with E-state index < -0.39 is 11.3 Å². The zero-order valence-corrected chi connectivity index (χ0v) is 6.69. The molecule has 1 unspecified atom stereocenters. The predicted molar refractivity (Wildman–Crippen MR) is 37.9 cm³/mol. The fraction of sp³-hybridized carbons (Fsp3) is 1.00. The van der Waals surface area contributed by atoms with Crippen LogP contribution in [0.25, 0.3) is 0 Å². The van der Waals surface area contributed by atoms with Crippen molar-refractivity contribution in [2.75, 3.05) is 26.7 Å². The summed E-state index contributed by atoms with van der Waals surface area (Å²) in [4.78, 5) is 0. The summed E-state index contributed by atoms with van der Waals surface area (Å²) in [6.07, 6.45) is 0. The SMILES string of the molecule is CNCC1CN(S(=O)[O-])C1. The molecule has 60 valence electrons. The smallest absolute Gasteiger partial charge is 0.0209 e. The highest BCUT2D eigenvalue weighted by atomic mass is 32.2. The Labute approximate surface area is 63.0 Å². The number of nitrogens with zero attached hydrogens (tertiary/aromatic N) is 1. The first-order valence-corrected chi connectivity index (χ1v) is 4.26. The van der Waals surface area contributed by atoms with Gasteiger partial charge in [0.15, 0.2) is 0 Å². The quantitative estimate of drug-likeness (QED) is 0.539. The van der Waals surface area contributed by atoms with E-state index >= 15 is 0 Å². The molecule has 1 aliphatic rings. The zero-order valence-electron chi connectivity index (χ0n) is 5.87. The van der Waals surface area contributed by atoms with Gasteiger partial charge in [0.25, 0.3) is 0 Å². The van der Waals surface area contributed by atoms with Gasteiger partial charge in [-0.25, -0.2) is 4.31 Å². The number of hydrogen-bond acceptors (Lipinski definition) is 3. The molecule has 0 aromatic rings. The Morgan fingerprint density at radius 2 is 2.40 bits per heavy atom. The average molecular weight is 163 g/mol. The van der Waals surface area contributed by atoms with Crippen LogP contribution in [0.4, 0.5) is 0 Å². The van der Waals surface area contributed by atoms with Gasteiger partial charge in [-0.3, -0.25) is 4.21 Å². The molecule has 1 heterocycles. The topological polar surface area (TPSA) is 55.4 Å². The van der Waals surface area contributed by atoms with Crippen LogP contribution in [-0.2, 0) is 11.3 Å². The summed E-state index contributed by atoms with van der Waals surface area (Å²) in [5, 5.41) is 3.00. The van der Waals surface area contributed by atoms with Crippen LogP contribution in [0.1, 0.15) is 0 Å². The molecule has 4 nitrogen and oxygen atoms in total. The van der Waals surface area contributed by atoms with E-state index in [9.17, 15) is 8.76 Å². The molecule has 1 fully saturated rings. The van der Waals surface area contributed by atoms with Gasteiger partial charge in [-0.15, -0.1) is 0 Å². The lowest BCUT2D eigenvalue weighted by Gasteiger charge is -2.39. The maximum absolute atomic E-state index is 10.2. The molecule has 1 rings (SSSR count). The fourth-order valence-electron chi connectivity index (χ4n) is 1.06. The summed E-state index contributed by atoms with van der Waals surface area (Å²) in [6, 6.07) is 0. The van der Waals surface area contributed by atoms with Crippen LogP contribution in [0, 0.1) is 5.92 Å². The van der Waals surface area contributed by atoms with Crippen LogP contribution in [0.3, 0.4) is 0 Å². The molecule has 10 heavy (non-hydrogen) atoms. The molecule has 0 radical (unpaired) electrons. The van der Waals surface area contributed by atoms with Crippen molar-refractivity contribution >= 4 is 11.3 Å². The molecule has 1 atom stereocenters. The third-order valence-electron chi connectivity index (χ3n) is 1.63. The molecule has 1 aliphatic heterocycles. The van der Waals surface area contributed by atoms with Gasteiger partial charge in [-0.1, -0.05) is 0 Å². The minimum atomic E-state index is -1.99. The third kappa shape index (κ3) is 1.76. The maximum Gasteiger partial charge on any atom is 0.0209 e. The van der Waals surface area contributed by atoms with E-state index in [2.05, 4.69) is 5.32 Å². The summed E-state index contributed by atoms with van der Waals surface area (Å²) in [7, 11) is 1.87. The van der Waals surface area contributed by atoms with E-state index in [1.54, 1.807) is 0 Å². The molecule has 0 aliphatic carbocycles. The standard InChI is InChI=1S/C5H12N2O2S/c1-6-2-5-3-7(4-5)10(8)9/h5-6H,2-4H2,1H3,(H,8,9)/p-1. The predicted octanol–water partition coefficient (Wildman–Crippen LogP) is -1.07. The van der Waals surface area contributed by atoms with Crippen LogP contribution in [0.2, 0.25) is 0 Å². The molecule has 0 bridgehead atoms. The highest BCUT2D eigenvalue weighted by molar-refractivity contribution is 7.76. The lowest BCUT2D eigenvalue weighted by molar-refractivity contribution is 0.194. The minimum absolute atomic E-state index is 0.517. The third-order valence-corrected chi connectivity index (χ3v) is 2.35. The van der Waals surface area contributed by atoms with Gasteiger partial charge < -0.3 is 9.87 Å². The number of hydrogen-bond donors (Lipinski definition) is 1. The van der Waals surface area contributed by atoms with Crippen LogP contribution in [0.5, 0.6) is 0 Å². The van der Waals surface area contributed by atoms with Crippen molar-refractivity contribution in [2.24, 2.45) is 5.92 Å². The van der Waals surface area contributed by atoms with Gasteiger partial charge in [0.2, 0.25) is 0 Å². The van der Waals surface area contributed by atoms with Crippen LogP contribution in [-0.4, -0.2) is 39.7 Å². The Morgan fingerprint density at radius 1 is 1.80 bits per heavy atom. The van der Waals surface area contributed by atoms with Crippen LogP contribution < -0.4 is 5.32 Å². The Kier molecular flexibility index (Phi) is 2.79. The largest absolute Gasteiger partial charge is 0.760 e. The van der Waals surface area contributed by atoms with Crippen LogP contribution >= 0.6 is 0 Å². The molecular weight excluding hydrogens is 152 g/mol. The van der Waals surface area contributed by atoms with Gasteiger partial charge in [0.05, 0.1) is 0 Å². The summed E-state index contributed by atoms with van der Waals surface area (Å²) in [6.45, 7) is 2.27. The van der Waals surface area contributed by atoms with Crippen molar-refractivity contribution < 1.29 is 8.76 Å². The van der Waals surface area contributed by atoms with E-state index in [0.717, 1.165) is 6.54 Å². The average Bonchev–Trinajstić information content (AvgIpc) is 1.76. The Hall–Kier alpha value is 0.0300. The summed E-state index contributed by atoms with van der Waals surface area (Å²) < 4.78 is 21.9. The lowest BCUT2D eigenvalue weighted by Crippen LogP contribution is -2.50. The first-order valence-electron chi connectivity index (χ1n) is 3.23. The van der Waals surface area contributed by atoms with Crippen molar-refractivity contribution in [2.45, 2.75) is 0 Å². The van der Waals surface area contributed by atoms with Gasteiger partial charge >= 0.3 is 0 Å². The maximum atomic E-state index is 10.2. The van der Waals surface area contributed by atoms with Gasteiger partial charge in [0, 0.05) is 30.9 Å².